The van der Waals surface area contributed by atoms with Crippen molar-refractivity contribution in [2.24, 2.45) is 15.9 Å². The van der Waals surface area contributed by atoms with Gasteiger partial charge in [0.05, 0.1) is 12.8 Å². The van der Waals surface area contributed by atoms with Gasteiger partial charge < -0.3 is 10.5 Å². The van der Waals surface area contributed by atoms with Crippen LogP contribution in [-0.2, 0) is 5.75 Å². The maximum Gasteiger partial charge on any atom is 0.180 e. The van der Waals surface area contributed by atoms with Crippen molar-refractivity contribution in [3.63, 3.8) is 0 Å². The maximum atomic E-state index is 6.06. The minimum absolute atomic E-state index is 0.413. The summed E-state index contributed by atoms with van der Waals surface area (Å²) < 4.78 is 5.76. The molecule has 2 aromatic carbocycles. The second-order valence-electron chi connectivity index (χ2n) is 5.34. The van der Waals surface area contributed by atoms with E-state index in [1.54, 1.807) is 18.3 Å². The van der Waals surface area contributed by atoms with Crippen molar-refractivity contribution in [2.45, 2.75) is 25.5 Å². The summed E-state index contributed by atoms with van der Waals surface area (Å²) in [6, 6.07) is 15.5. The molecule has 4 nitrogen and oxygen atoms in total. The Kier molecular flexibility index (Phi) is 8.35. The summed E-state index contributed by atoms with van der Waals surface area (Å²) in [4.78, 5) is 0. The van der Waals surface area contributed by atoms with Gasteiger partial charge >= 0.3 is 0 Å². The third-order valence-corrected chi connectivity index (χ3v) is 4.40. The minimum atomic E-state index is 0.413. The molecule has 2 rings (SSSR count). The van der Waals surface area contributed by atoms with Crippen LogP contribution in [0.3, 0.4) is 0 Å². The van der Waals surface area contributed by atoms with Crippen LogP contribution < -0.4 is 10.5 Å². The molecule has 0 aliphatic carbocycles. The van der Waals surface area contributed by atoms with E-state index in [4.69, 9.17) is 22.1 Å². The average molecular weight is 376 g/mol. The van der Waals surface area contributed by atoms with Crippen LogP contribution in [-0.4, -0.2) is 18.0 Å². The number of ether oxygens (including phenoxy) is 1. The number of hydrogen-bond acceptors (Lipinski definition) is 4. The fraction of sp³-hybridized carbons (Fsp3) is 0.263. The molecule has 0 aliphatic heterocycles. The fourth-order valence-electron chi connectivity index (χ4n) is 1.99. The number of unbranched alkanes of at least 4 members (excludes halogenated alkanes) is 1. The van der Waals surface area contributed by atoms with Gasteiger partial charge in [0, 0.05) is 16.3 Å². The predicted octanol–water partition coefficient (Wildman–Crippen LogP) is 5.10. The highest BCUT2D eigenvalue weighted by molar-refractivity contribution is 8.13. The largest absolute Gasteiger partial charge is 0.493 e. The zero-order valence-electron chi connectivity index (χ0n) is 14.2. The monoisotopic (exact) mass is 375 g/mol. The summed E-state index contributed by atoms with van der Waals surface area (Å²) in [6.07, 6.45) is 3.69. The summed E-state index contributed by atoms with van der Waals surface area (Å²) in [5.41, 5.74) is 7.87. The molecule has 0 amide bonds. The first-order valence-corrected chi connectivity index (χ1v) is 9.51. The molecule has 0 aliphatic rings. The van der Waals surface area contributed by atoms with Crippen LogP contribution in [0.2, 0.25) is 5.02 Å². The van der Waals surface area contributed by atoms with Gasteiger partial charge in [-0.2, -0.15) is 5.10 Å². The van der Waals surface area contributed by atoms with Gasteiger partial charge in [-0.05, 0) is 30.2 Å². The summed E-state index contributed by atoms with van der Waals surface area (Å²) in [5.74, 6) is 1.50. The van der Waals surface area contributed by atoms with E-state index in [-0.39, 0.29) is 0 Å². The van der Waals surface area contributed by atoms with Gasteiger partial charge in [-0.3, -0.25) is 0 Å². The smallest absolute Gasteiger partial charge is 0.180 e. The molecule has 0 heterocycles. The second-order valence-corrected chi connectivity index (χ2v) is 6.77. The van der Waals surface area contributed by atoms with Crippen LogP contribution in [0.5, 0.6) is 5.75 Å². The molecule has 0 atom stereocenters. The van der Waals surface area contributed by atoms with E-state index >= 15 is 0 Å². The van der Waals surface area contributed by atoms with Gasteiger partial charge in [0.1, 0.15) is 5.75 Å². The van der Waals surface area contributed by atoms with Crippen molar-refractivity contribution in [3.8, 4) is 5.75 Å². The van der Waals surface area contributed by atoms with Crippen LogP contribution in [0.25, 0.3) is 0 Å². The third-order valence-electron chi connectivity index (χ3n) is 3.31. The minimum Gasteiger partial charge on any atom is -0.493 e. The molecule has 6 heteroatoms. The normalized spacial score (nSPS) is 11.8. The SMILES string of the molecule is CCCCOc1ccc(Cl)cc1C=NN=C(N)SCc1ccccc1. The van der Waals surface area contributed by atoms with E-state index in [1.165, 1.54) is 17.3 Å². The van der Waals surface area contributed by atoms with Crippen LogP contribution in [0, 0.1) is 0 Å². The Labute approximate surface area is 158 Å². The number of thioether (sulfide) groups is 1. The lowest BCUT2D eigenvalue weighted by atomic mass is 10.2. The van der Waals surface area contributed by atoms with Crippen molar-refractivity contribution in [3.05, 3.63) is 64.7 Å². The van der Waals surface area contributed by atoms with Crippen molar-refractivity contribution in [1.29, 1.82) is 0 Å². The molecule has 0 saturated carbocycles. The van der Waals surface area contributed by atoms with Crippen molar-refractivity contribution in [1.82, 2.24) is 0 Å². The Morgan fingerprint density at radius 2 is 2.04 bits per heavy atom. The molecular weight excluding hydrogens is 354 g/mol. The van der Waals surface area contributed by atoms with Crippen LogP contribution in [0.15, 0.2) is 58.7 Å². The summed E-state index contributed by atoms with van der Waals surface area (Å²) in [5, 5.41) is 9.13. The van der Waals surface area contributed by atoms with Gasteiger partial charge in [0.2, 0.25) is 0 Å². The number of halogens is 1. The van der Waals surface area contributed by atoms with E-state index in [0.717, 1.165) is 29.9 Å². The first-order valence-electron chi connectivity index (χ1n) is 8.14. The fourth-order valence-corrected chi connectivity index (χ4v) is 2.78. The Hall–Kier alpha value is -1.98. The van der Waals surface area contributed by atoms with Gasteiger partial charge in [0.25, 0.3) is 0 Å². The van der Waals surface area contributed by atoms with E-state index in [2.05, 4.69) is 29.3 Å². The number of hydrogen-bond donors (Lipinski definition) is 1. The number of amidine groups is 1. The molecule has 0 fully saturated rings. The summed E-state index contributed by atoms with van der Waals surface area (Å²) in [7, 11) is 0. The molecule has 0 spiro atoms. The highest BCUT2D eigenvalue weighted by Crippen LogP contribution is 2.22. The Morgan fingerprint density at radius 3 is 2.80 bits per heavy atom. The van der Waals surface area contributed by atoms with Crippen molar-refractivity contribution in [2.75, 3.05) is 6.61 Å². The first-order chi connectivity index (χ1) is 12.2. The molecule has 0 radical (unpaired) electrons. The van der Waals surface area contributed by atoms with E-state index in [0.29, 0.717) is 16.8 Å². The summed E-state index contributed by atoms with van der Waals surface area (Å²) >= 11 is 7.50. The van der Waals surface area contributed by atoms with Crippen molar-refractivity contribution < 1.29 is 4.74 Å². The van der Waals surface area contributed by atoms with E-state index in [9.17, 15) is 0 Å². The number of rotatable bonds is 8. The second kappa shape index (κ2) is 10.8. The molecule has 0 unspecified atom stereocenters. The molecular formula is C19H22ClN3OS. The lowest BCUT2D eigenvalue weighted by molar-refractivity contribution is 0.309. The quantitative estimate of drug-likeness (QED) is 0.302. The van der Waals surface area contributed by atoms with Gasteiger partial charge in [-0.1, -0.05) is 67.0 Å². The highest BCUT2D eigenvalue weighted by Gasteiger charge is 2.03. The lowest BCUT2D eigenvalue weighted by Gasteiger charge is -2.08. The molecule has 0 bridgehead atoms. The summed E-state index contributed by atoms with van der Waals surface area (Å²) in [6.45, 7) is 2.79. The Morgan fingerprint density at radius 1 is 1.24 bits per heavy atom. The Balaban J connectivity index is 1.96. The predicted molar refractivity (Wildman–Crippen MR) is 109 cm³/mol. The molecule has 0 aromatic heterocycles. The maximum absolute atomic E-state index is 6.06. The van der Waals surface area contributed by atoms with Crippen molar-refractivity contribution >= 4 is 34.7 Å². The topological polar surface area (TPSA) is 60.0 Å². The standard InChI is InChI=1S/C19H22ClN3OS/c1-2-3-11-24-18-10-9-17(20)12-16(18)13-22-23-19(21)25-14-15-7-5-4-6-8-15/h4-10,12-13H,2-3,11,14H2,1H3,(H2,21,23). The lowest BCUT2D eigenvalue weighted by Crippen LogP contribution is -2.06. The van der Waals surface area contributed by atoms with Gasteiger partial charge in [-0.25, -0.2) is 0 Å². The highest BCUT2D eigenvalue weighted by atomic mass is 35.5. The van der Waals surface area contributed by atoms with Crippen LogP contribution in [0.4, 0.5) is 0 Å². The molecule has 25 heavy (non-hydrogen) atoms. The zero-order valence-corrected chi connectivity index (χ0v) is 15.8. The van der Waals surface area contributed by atoms with Gasteiger partial charge in [-0.15, -0.1) is 5.10 Å². The number of nitrogens with two attached hydrogens (primary N) is 1. The Bertz CT molecular complexity index is 720. The molecule has 2 aromatic rings. The van der Waals surface area contributed by atoms with Crippen LogP contribution >= 0.6 is 23.4 Å². The van der Waals surface area contributed by atoms with E-state index < -0.39 is 0 Å². The first kappa shape index (κ1) is 19.3. The molecule has 132 valence electrons. The third kappa shape index (κ3) is 7.20. The van der Waals surface area contributed by atoms with E-state index in [1.807, 2.05) is 24.3 Å². The average Bonchev–Trinajstić information content (AvgIpc) is 2.63. The zero-order chi connectivity index (χ0) is 17.9. The molecule has 2 N–H and O–H groups in total. The van der Waals surface area contributed by atoms with Gasteiger partial charge in [0.15, 0.2) is 5.17 Å². The van der Waals surface area contributed by atoms with Crippen LogP contribution in [0.1, 0.15) is 30.9 Å². The molecule has 0 saturated heterocycles. The number of nitrogens with zero attached hydrogens (tertiary/aromatic N) is 2. The number of benzene rings is 2.